The second kappa shape index (κ2) is 5.99. The molecule has 132 valence electrons. The van der Waals surface area contributed by atoms with Crippen LogP contribution in [0.1, 0.15) is 50.7 Å². The van der Waals surface area contributed by atoms with Gasteiger partial charge in [-0.3, -0.25) is 0 Å². The van der Waals surface area contributed by atoms with Crippen LogP contribution < -0.4 is 16.2 Å². The van der Waals surface area contributed by atoms with E-state index in [2.05, 4.69) is 35.9 Å². The maximum absolute atomic E-state index is 6.24. The third kappa shape index (κ3) is 2.97. The van der Waals surface area contributed by atoms with Crippen molar-refractivity contribution in [3.05, 3.63) is 35.7 Å². The Kier molecular flexibility index (Phi) is 3.91. The number of nitrogens with zero attached hydrogens (tertiary/aromatic N) is 2. The molecule has 2 aliphatic rings. The summed E-state index contributed by atoms with van der Waals surface area (Å²) in [5.74, 6) is 1.53. The number of ether oxygens (including phenoxy) is 1. The summed E-state index contributed by atoms with van der Waals surface area (Å²) in [6.07, 6.45) is 6.90. The molecule has 0 bridgehead atoms. The Bertz CT molecular complexity index is 794. The molecule has 0 amide bonds. The van der Waals surface area contributed by atoms with Gasteiger partial charge in [-0.25, -0.2) is 9.97 Å². The van der Waals surface area contributed by atoms with E-state index in [1.165, 1.54) is 5.56 Å². The van der Waals surface area contributed by atoms with Crippen molar-refractivity contribution >= 4 is 5.82 Å². The summed E-state index contributed by atoms with van der Waals surface area (Å²) in [6, 6.07) is 6.67. The van der Waals surface area contributed by atoms with Gasteiger partial charge >= 0.3 is 0 Å². The third-order valence-corrected chi connectivity index (χ3v) is 5.54. The lowest BCUT2D eigenvalue weighted by atomic mass is 9.72. The quantitative estimate of drug-likeness (QED) is 0.878. The summed E-state index contributed by atoms with van der Waals surface area (Å²) < 4.78 is 6.24. The second-order valence-electron chi connectivity index (χ2n) is 8.02. The van der Waals surface area contributed by atoms with Crippen molar-refractivity contribution in [1.29, 1.82) is 0 Å². The molecular formula is C20H26N4O. The van der Waals surface area contributed by atoms with Crippen molar-refractivity contribution in [2.45, 2.75) is 63.5 Å². The number of anilines is 1. The lowest BCUT2D eigenvalue weighted by Crippen LogP contribution is -2.31. The number of hydrogen-bond acceptors (Lipinski definition) is 5. The highest BCUT2D eigenvalue weighted by molar-refractivity contribution is 5.75. The van der Waals surface area contributed by atoms with Gasteiger partial charge < -0.3 is 16.2 Å². The zero-order valence-corrected chi connectivity index (χ0v) is 15.0. The Morgan fingerprint density at radius 2 is 1.88 bits per heavy atom. The van der Waals surface area contributed by atoms with Crippen molar-refractivity contribution in [1.82, 2.24) is 9.97 Å². The zero-order valence-electron chi connectivity index (χ0n) is 15.0. The molecule has 25 heavy (non-hydrogen) atoms. The summed E-state index contributed by atoms with van der Waals surface area (Å²) in [4.78, 5) is 8.72. The average Bonchev–Trinajstić information content (AvgIpc) is 2.56. The molecule has 2 aromatic rings. The van der Waals surface area contributed by atoms with Crippen molar-refractivity contribution in [3.8, 4) is 17.0 Å². The number of aromatic nitrogens is 2. The first kappa shape index (κ1) is 16.3. The predicted octanol–water partition coefficient (Wildman–Crippen LogP) is 3.21. The fourth-order valence-electron chi connectivity index (χ4n) is 4.25. The number of nitrogen functional groups attached to an aromatic ring is 1. The minimum absolute atomic E-state index is 0.0933. The van der Waals surface area contributed by atoms with Crippen molar-refractivity contribution in [2.75, 3.05) is 5.73 Å². The molecule has 0 spiro atoms. The van der Waals surface area contributed by atoms with E-state index in [0.717, 1.165) is 54.7 Å². The van der Waals surface area contributed by atoms with Gasteiger partial charge in [-0.1, -0.05) is 13.8 Å². The summed E-state index contributed by atoms with van der Waals surface area (Å²) in [6.45, 7) is 4.40. The maximum atomic E-state index is 6.24. The Morgan fingerprint density at radius 1 is 1.12 bits per heavy atom. The molecule has 5 heteroatoms. The van der Waals surface area contributed by atoms with Crippen LogP contribution in [0.4, 0.5) is 5.82 Å². The van der Waals surface area contributed by atoms with Crippen molar-refractivity contribution in [3.63, 3.8) is 0 Å². The highest BCUT2D eigenvalue weighted by Gasteiger charge is 2.34. The zero-order chi connectivity index (χ0) is 17.6. The van der Waals surface area contributed by atoms with Gasteiger partial charge in [-0.15, -0.1) is 0 Å². The Hall–Kier alpha value is -2.14. The van der Waals surface area contributed by atoms with Crippen LogP contribution in [0.2, 0.25) is 0 Å². The maximum Gasteiger partial charge on any atom is 0.131 e. The first-order valence-corrected chi connectivity index (χ1v) is 9.10. The van der Waals surface area contributed by atoms with Gasteiger partial charge in [0.05, 0.1) is 11.8 Å². The molecule has 1 aromatic heterocycles. The van der Waals surface area contributed by atoms with Crippen LogP contribution >= 0.6 is 0 Å². The molecule has 1 heterocycles. The molecule has 5 nitrogen and oxygen atoms in total. The SMILES string of the molecule is CC1(C)Cc2cc(OC3CCC(N)CC3)ccc2-c2ncnc(N)c21. The second-order valence-corrected chi connectivity index (χ2v) is 8.02. The Labute approximate surface area is 148 Å². The number of fused-ring (bicyclic) bond motifs is 3. The monoisotopic (exact) mass is 338 g/mol. The fourth-order valence-corrected chi connectivity index (χ4v) is 4.25. The van der Waals surface area contributed by atoms with Crippen LogP contribution in [0.15, 0.2) is 24.5 Å². The molecule has 4 rings (SSSR count). The van der Waals surface area contributed by atoms with Crippen LogP contribution in [-0.4, -0.2) is 22.1 Å². The van der Waals surface area contributed by atoms with E-state index >= 15 is 0 Å². The predicted molar refractivity (Wildman–Crippen MR) is 99.5 cm³/mol. The van der Waals surface area contributed by atoms with E-state index in [1.807, 2.05) is 6.07 Å². The van der Waals surface area contributed by atoms with E-state index in [4.69, 9.17) is 16.2 Å². The first-order chi connectivity index (χ1) is 11.9. The topological polar surface area (TPSA) is 87.0 Å². The largest absolute Gasteiger partial charge is 0.490 e. The fraction of sp³-hybridized carbons (Fsp3) is 0.500. The van der Waals surface area contributed by atoms with Gasteiger partial charge in [-0.2, -0.15) is 0 Å². The number of rotatable bonds is 2. The van der Waals surface area contributed by atoms with Gasteiger partial charge in [0.2, 0.25) is 0 Å². The Morgan fingerprint density at radius 3 is 2.64 bits per heavy atom. The molecule has 0 radical (unpaired) electrons. The third-order valence-electron chi connectivity index (χ3n) is 5.54. The molecule has 0 atom stereocenters. The molecule has 1 saturated carbocycles. The van der Waals surface area contributed by atoms with E-state index in [9.17, 15) is 0 Å². The van der Waals surface area contributed by atoms with E-state index in [1.54, 1.807) is 6.33 Å². The molecule has 1 fully saturated rings. The summed E-state index contributed by atoms with van der Waals surface area (Å²) in [5.41, 5.74) is 16.5. The van der Waals surface area contributed by atoms with Crippen LogP contribution in [0.25, 0.3) is 11.3 Å². The molecule has 2 aliphatic carbocycles. The molecule has 0 unspecified atom stereocenters. The van der Waals surface area contributed by atoms with Gasteiger partial charge in [0.1, 0.15) is 17.9 Å². The molecular weight excluding hydrogens is 312 g/mol. The number of benzene rings is 1. The molecule has 4 N–H and O–H groups in total. The van der Waals surface area contributed by atoms with Crippen molar-refractivity contribution < 1.29 is 4.74 Å². The molecule has 0 aliphatic heterocycles. The van der Waals surface area contributed by atoms with Crippen LogP contribution in [0, 0.1) is 0 Å². The summed E-state index contributed by atoms with van der Waals surface area (Å²) in [7, 11) is 0. The van der Waals surface area contributed by atoms with Gasteiger partial charge in [-0.05, 0) is 61.3 Å². The lowest BCUT2D eigenvalue weighted by molar-refractivity contribution is 0.147. The van der Waals surface area contributed by atoms with Crippen LogP contribution in [0.5, 0.6) is 5.75 Å². The van der Waals surface area contributed by atoms with Crippen LogP contribution in [-0.2, 0) is 11.8 Å². The van der Waals surface area contributed by atoms with E-state index in [-0.39, 0.29) is 11.5 Å². The minimum Gasteiger partial charge on any atom is -0.490 e. The normalized spacial score (nSPS) is 24.3. The van der Waals surface area contributed by atoms with Crippen molar-refractivity contribution in [2.24, 2.45) is 5.73 Å². The summed E-state index contributed by atoms with van der Waals surface area (Å²) >= 11 is 0. The molecule has 1 aromatic carbocycles. The Balaban J connectivity index is 1.65. The average molecular weight is 338 g/mol. The lowest BCUT2D eigenvalue weighted by Gasteiger charge is -2.34. The van der Waals surface area contributed by atoms with E-state index < -0.39 is 0 Å². The van der Waals surface area contributed by atoms with Gasteiger partial charge in [0.25, 0.3) is 0 Å². The van der Waals surface area contributed by atoms with Gasteiger partial charge in [0, 0.05) is 17.2 Å². The number of nitrogens with two attached hydrogens (primary N) is 2. The van der Waals surface area contributed by atoms with Crippen LogP contribution in [0.3, 0.4) is 0 Å². The highest BCUT2D eigenvalue weighted by Crippen LogP contribution is 2.44. The smallest absolute Gasteiger partial charge is 0.131 e. The van der Waals surface area contributed by atoms with E-state index in [0.29, 0.717) is 11.9 Å². The standard InChI is InChI=1S/C20H26N4O/c1-20(2)10-12-9-15(25-14-5-3-13(21)4-6-14)7-8-16(12)18-17(20)19(22)24-11-23-18/h7-9,11,13-14H,3-6,10,21H2,1-2H3,(H2,22,23,24). The number of hydrogen-bond donors (Lipinski definition) is 2. The van der Waals surface area contributed by atoms with Gasteiger partial charge in [0.15, 0.2) is 0 Å². The minimum atomic E-state index is -0.0933. The highest BCUT2D eigenvalue weighted by atomic mass is 16.5. The summed E-state index contributed by atoms with van der Waals surface area (Å²) in [5, 5.41) is 0. The first-order valence-electron chi connectivity index (χ1n) is 9.10. The molecule has 0 saturated heterocycles.